The van der Waals surface area contributed by atoms with Gasteiger partial charge in [-0.25, -0.2) is 0 Å². The number of ether oxygens (including phenoxy) is 2. The molecule has 1 aromatic heterocycles. The van der Waals surface area contributed by atoms with E-state index in [4.69, 9.17) is 4.74 Å². The molecule has 1 aromatic carbocycles. The highest BCUT2D eigenvalue weighted by molar-refractivity contribution is 5.78. The number of benzene rings is 1. The molecule has 0 unspecified atom stereocenters. The fourth-order valence-electron chi connectivity index (χ4n) is 2.47. The van der Waals surface area contributed by atoms with Gasteiger partial charge in [0, 0.05) is 17.3 Å². The van der Waals surface area contributed by atoms with Crippen LogP contribution in [0.1, 0.15) is 22.4 Å². The van der Waals surface area contributed by atoms with E-state index in [-0.39, 0.29) is 24.6 Å². The maximum absolute atomic E-state index is 12.1. The predicted molar refractivity (Wildman–Crippen MR) is 88.9 cm³/mol. The maximum atomic E-state index is 12.1. The fraction of sp³-hybridized carbons (Fsp3) is 0.333. The van der Waals surface area contributed by atoms with E-state index in [0.29, 0.717) is 5.56 Å². The van der Waals surface area contributed by atoms with Crippen LogP contribution >= 0.6 is 0 Å². The highest BCUT2D eigenvalue weighted by Crippen LogP contribution is 2.23. The number of alkyl halides is 2. The first-order valence-corrected chi connectivity index (χ1v) is 7.70. The Morgan fingerprint density at radius 3 is 2.52 bits per heavy atom. The Bertz CT molecular complexity index is 734. The molecule has 2 aromatic rings. The summed E-state index contributed by atoms with van der Waals surface area (Å²) in [5.41, 5.74) is 3.25. The molecular weight excluding hydrogens is 330 g/mol. The first kappa shape index (κ1) is 18.6. The molecule has 0 atom stereocenters. The number of carbonyl (C=O) groups excluding carboxylic acids is 1. The van der Waals surface area contributed by atoms with E-state index in [2.05, 4.69) is 15.0 Å². The minimum atomic E-state index is -2.86. The third-order valence-electron chi connectivity index (χ3n) is 3.72. The lowest BCUT2D eigenvalue weighted by molar-refractivity contribution is -0.120. The SMILES string of the molecule is COc1c(C)cnc(CNC(=O)Cc2ccc(OC(F)F)cc2)c1C. The van der Waals surface area contributed by atoms with Crippen molar-refractivity contribution >= 4 is 5.91 Å². The van der Waals surface area contributed by atoms with E-state index in [1.54, 1.807) is 25.4 Å². The summed E-state index contributed by atoms with van der Waals surface area (Å²) in [5, 5.41) is 2.80. The van der Waals surface area contributed by atoms with Gasteiger partial charge in [-0.1, -0.05) is 12.1 Å². The summed E-state index contributed by atoms with van der Waals surface area (Å²) in [5.74, 6) is 0.628. The number of aryl methyl sites for hydroxylation is 1. The number of methoxy groups -OCH3 is 1. The highest BCUT2D eigenvalue weighted by atomic mass is 19.3. The summed E-state index contributed by atoms with van der Waals surface area (Å²) in [6.07, 6.45) is 1.84. The molecule has 0 aliphatic rings. The van der Waals surface area contributed by atoms with Gasteiger partial charge in [0.05, 0.1) is 25.8 Å². The van der Waals surface area contributed by atoms with E-state index in [1.165, 1.54) is 12.1 Å². The molecule has 7 heteroatoms. The molecule has 1 N–H and O–H groups in total. The van der Waals surface area contributed by atoms with E-state index in [1.807, 2.05) is 13.8 Å². The zero-order valence-corrected chi connectivity index (χ0v) is 14.3. The Morgan fingerprint density at radius 1 is 1.24 bits per heavy atom. The number of halogens is 2. The lowest BCUT2D eigenvalue weighted by Crippen LogP contribution is -2.25. The van der Waals surface area contributed by atoms with Gasteiger partial charge in [-0.15, -0.1) is 0 Å². The fourth-order valence-corrected chi connectivity index (χ4v) is 2.47. The van der Waals surface area contributed by atoms with Crippen LogP contribution in [-0.4, -0.2) is 24.6 Å². The molecule has 0 fully saturated rings. The lowest BCUT2D eigenvalue weighted by atomic mass is 10.1. The number of nitrogens with one attached hydrogen (secondary N) is 1. The average molecular weight is 350 g/mol. The summed E-state index contributed by atoms with van der Waals surface area (Å²) in [6, 6.07) is 5.97. The van der Waals surface area contributed by atoms with Crippen molar-refractivity contribution in [3.63, 3.8) is 0 Å². The van der Waals surface area contributed by atoms with Gasteiger partial charge in [0.2, 0.25) is 5.91 Å². The van der Waals surface area contributed by atoms with Crippen molar-refractivity contribution in [2.45, 2.75) is 33.4 Å². The van der Waals surface area contributed by atoms with Crippen molar-refractivity contribution in [2.24, 2.45) is 0 Å². The Balaban J connectivity index is 1.93. The summed E-state index contributed by atoms with van der Waals surface area (Å²) >= 11 is 0. The van der Waals surface area contributed by atoms with Crippen LogP contribution < -0.4 is 14.8 Å². The Labute approximate surface area is 145 Å². The second-order valence-corrected chi connectivity index (χ2v) is 5.52. The normalized spacial score (nSPS) is 10.6. The molecule has 0 radical (unpaired) electrons. The first-order valence-electron chi connectivity index (χ1n) is 7.70. The highest BCUT2D eigenvalue weighted by Gasteiger charge is 2.11. The molecule has 0 aliphatic carbocycles. The Kier molecular flexibility index (Phi) is 6.27. The summed E-state index contributed by atoms with van der Waals surface area (Å²) in [6.45, 7) is 1.22. The number of carbonyl (C=O) groups is 1. The van der Waals surface area contributed by atoms with Crippen LogP contribution in [0, 0.1) is 13.8 Å². The molecule has 0 aliphatic heterocycles. The van der Waals surface area contributed by atoms with Gasteiger partial charge < -0.3 is 14.8 Å². The summed E-state index contributed by atoms with van der Waals surface area (Å²) in [4.78, 5) is 16.4. The maximum Gasteiger partial charge on any atom is 0.387 e. The average Bonchev–Trinajstić information content (AvgIpc) is 2.56. The number of amides is 1. The zero-order chi connectivity index (χ0) is 18.4. The van der Waals surface area contributed by atoms with E-state index in [0.717, 1.165) is 22.6 Å². The first-order chi connectivity index (χ1) is 11.9. The predicted octanol–water partition coefficient (Wildman–Crippen LogP) is 3.17. The number of hydrogen-bond acceptors (Lipinski definition) is 4. The number of aromatic nitrogens is 1. The smallest absolute Gasteiger partial charge is 0.387 e. The second-order valence-electron chi connectivity index (χ2n) is 5.52. The van der Waals surface area contributed by atoms with Gasteiger partial charge in [0.1, 0.15) is 11.5 Å². The van der Waals surface area contributed by atoms with Gasteiger partial charge in [-0.2, -0.15) is 8.78 Å². The van der Waals surface area contributed by atoms with Crippen LogP contribution in [0.25, 0.3) is 0 Å². The van der Waals surface area contributed by atoms with E-state index in [9.17, 15) is 13.6 Å². The molecular formula is C18H20F2N2O3. The minimum absolute atomic E-state index is 0.0609. The van der Waals surface area contributed by atoms with Crippen molar-refractivity contribution in [2.75, 3.05) is 7.11 Å². The summed E-state index contributed by atoms with van der Waals surface area (Å²) < 4.78 is 33.8. The van der Waals surface area contributed by atoms with Crippen molar-refractivity contribution in [3.05, 3.63) is 52.8 Å². The Morgan fingerprint density at radius 2 is 1.92 bits per heavy atom. The van der Waals surface area contributed by atoms with Crippen molar-refractivity contribution in [1.82, 2.24) is 10.3 Å². The quantitative estimate of drug-likeness (QED) is 0.833. The lowest BCUT2D eigenvalue weighted by Gasteiger charge is -2.13. The number of pyridine rings is 1. The van der Waals surface area contributed by atoms with Crippen molar-refractivity contribution in [1.29, 1.82) is 0 Å². The molecule has 0 saturated heterocycles. The van der Waals surface area contributed by atoms with Gasteiger partial charge in [0.25, 0.3) is 0 Å². The molecule has 2 rings (SSSR count). The molecule has 0 spiro atoms. The molecule has 1 amide bonds. The third-order valence-corrected chi connectivity index (χ3v) is 3.72. The standard InChI is InChI=1S/C18H20F2N2O3/c1-11-9-21-15(12(2)17(11)24-3)10-22-16(23)8-13-4-6-14(7-5-13)25-18(19)20/h4-7,9,18H,8,10H2,1-3H3,(H,22,23). The molecule has 0 bridgehead atoms. The van der Waals surface area contributed by atoms with Gasteiger partial charge in [-0.3, -0.25) is 9.78 Å². The van der Waals surface area contributed by atoms with Crippen LogP contribution in [0.3, 0.4) is 0 Å². The molecule has 1 heterocycles. The number of hydrogen-bond donors (Lipinski definition) is 1. The Hall–Kier alpha value is -2.70. The van der Waals surface area contributed by atoms with Gasteiger partial charge in [-0.05, 0) is 31.5 Å². The molecule has 134 valence electrons. The summed E-state index contributed by atoms with van der Waals surface area (Å²) in [7, 11) is 1.60. The molecule has 25 heavy (non-hydrogen) atoms. The topological polar surface area (TPSA) is 60.5 Å². The minimum Gasteiger partial charge on any atom is -0.496 e. The molecule has 0 saturated carbocycles. The van der Waals surface area contributed by atoms with Gasteiger partial charge in [0.15, 0.2) is 0 Å². The van der Waals surface area contributed by atoms with Crippen LogP contribution in [0.2, 0.25) is 0 Å². The van der Waals surface area contributed by atoms with Crippen LogP contribution in [-0.2, 0) is 17.8 Å². The van der Waals surface area contributed by atoms with Crippen molar-refractivity contribution < 1.29 is 23.0 Å². The van der Waals surface area contributed by atoms with E-state index < -0.39 is 6.61 Å². The third kappa shape index (κ3) is 5.14. The van der Waals surface area contributed by atoms with Crippen LogP contribution in [0.5, 0.6) is 11.5 Å². The number of nitrogens with zero attached hydrogens (tertiary/aromatic N) is 1. The van der Waals surface area contributed by atoms with Crippen molar-refractivity contribution in [3.8, 4) is 11.5 Å². The second kappa shape index (κ2) is 8.41. The van der Waals surface area contributed by atoms with Crippen LogP contribution in [0.4, 0.5) is 8.78 Å². The monoisotopic (exact) mass is 350 g/mol. The zero-order valence-electron chi connectivity index (χ0n) is 14.3. The number of rotatable bonds is 7. The van der Waals surface area contributed by atoms with Crippen LogP contribution in [0.15, 0.2) is 30.5 Å². The molecule has 5 nitrogen and oxygen atoms in total. The largest absolute Gasteiger partial charge is 0.496 e. The van der Waals surface area contributed by atoms with Gasteiger partial charge >= 0.3 is 6.61 Å². The van der Waals surface area contributed by atoms with E-state index >= 15 is 0 Å².